The minimum Gasteiger partial charge on any atom is -0.329 e. The second-order valence-electron chi connectivity index (χ2n) is 3.27. The van der Waals surface area contributed by atoms with E-state index in [4.69, 9.17) is 5.73 Å². The number of hydrogen-bond acceptors (Lipinski definition) is 2. The fraction of sp³-hybridized carbons (Fsp3) is 1.00. The van der Waals surface area contributed by atoms with Crippen LogP contribution in [-0.2, 0) is 0 Å². The monoisotopic (exact) mass is 144 g/mol. The van der Waals surface area contributed by atoms with Crippen LogP contribution in [0.3, 0.4) is 0 Å². The minimum atomic E-state index is 0.471. The molecular formula is C8H20N2. The van der Waals surface area contributed by atoms with Crippen LogP contribution >= 0.6 is 0 Å². The maximum atomic E-state index is 5.43. The van der Waals surface area contributed by atoms with E-state index in [0.29, 0.717) is 6.04 Å². The molecule has 0 radical (unpaired) electrons. The molecule has 0 saturated carbocycles. The third-order valence-electron chi connectivity index (χ3n) is 1.57. The molecular weight excluding hydrogens is 124 g/mol. The summed E-state index contributed by atoms with van der Waals surface area (Å²) in [4.78, 5) is 0. The highest BCUT2D eigenvalue weighted by Crippen LogP contribution is 1.96. The first-order valence-electron chi connectivity index (χ1n) is 4.10. The van der Waals surface area contributed by atoms with Crippen LogP contribution in [-0.4, -0.2) is 19.1 Å². The molecule has 0 aromatic rings. The standard InChI is InChI=1S/C8H20N2/c1-7(2)4-5-10-8(3)6-9/h7-8,10H,4-6,9H2,1-3H3. The lowest BCUT2D eigenvalue weighted by Gasteiger charge is -2.11. The summed E-state index contributed by atoms with van der Waals surface area (Å²) in [6, 6.07) is 0.471. The molecule has 10 heavy (non-hydrogen) atoms. The van der Waals surface area contributed by atoms with E-state index in [1.165, 1.54) is 6.42 Å². The summed E-state index contributed by atoms with van der Waals surface area (Å²) >= 11 is 0. The second kappa shape index (κ2) is 5.69. The fourth-order valence-electron chi connectivity index (χ4n) is 0.702. The van der Waals surface area contributed by atoms with Gasteiger partial charge in [0.15, 0.2) is 0 Å². The molecule has 0 heterocycles. The first-order valence-corrected chi connectivity index (χ1v) is 4.10. The average Bonchev–Trinajstić information content (AvgIpc) is 1.87. The first-order chi connectivity index (χ1) is 4.66. The Hall–Kier alpha value is -0.0800. The van der Waals surface area contributed by atoms with Gasteiger partial charge in [0, 0.05) is 12.6 Å². The lowest BCUT2D eigenvalue weighted by atomic mass is 10.1. The summed E-state index contributed by atoms with van der Waals surface area (Å²) in [7, 11) is 0. The highest BCUT2D eigenvalue weighted by atomic mass is 14.9. The largest absolute Gasteiger partial charge is 0.329 e. The molecule has 0 aliphatic heterocycles. The van der Waals surface area contributed by atoms with Gasteiger partial charge >= 0.3 is 0 Å². The molecule has 0 fully saturated rings. The van der Waals surface area contributed by atoms with Gasteiger partial charge in [0.2, 0.25) is 0 Å². The zero-order valence-corrected chi connectivity index (χ0v) is 7.35. The SMILES string of the molecule is CC(C)CCNC(C)CN. The molecule has 0 bridgehead atoms. The van der Waals surface area contributed by atoms with E-state index in [0.717, 1.165) is 19.0 Å². The molecule has 0 aromatic heterocycles. The van der Waals surface area contributed by atoms with Gasteiger partial charge in [-0.1, -0.05) is 13.8 Å². The van der Waals surface area contributed by atoms with Gasteiger partial charge in [0.1, 0.15) is 0 Å². The maximum Gasteiger partial charge on any atom is 0.0161 e. The van der Waals surface area contributed by atoms with Crippen LogP contribution in [0.4, 0.5) is 0 Å². The molecule has 0 aliphatic rings. The molecule has 1 unspecified atom stereocenters. The van der Waals surface area contributed by atoms with Crippen molar-refractivity contribution in [2.45, 2.75) is 33.2 Å². The van der Waals surface area contributed by atoms with Crippen LogP contribution in [0.25, 0.3) is 0 Å². The van der Waals surface area contributed by atoms with Crippen molar-refractivity contribution in [2.24, 2.45) is 11.7 Å². The first kappa shape index (κ1) is 9.92. The van der Waals surface area contributed by atoms with Crippen molar-refractivity contribution >= 4 is 0 Å². The highest BCUT2D eigenvalue weighted by molar-refractivity contribution is 4.60. The minimum absolute atomic E-state index is 0.471. The van der Waals surface area contributed by atoms with Gasteiger partial charge < -0.3 is 11.1 Å². The van der Waals surface area contributed by atoms with Crippen molar-refractivity contribution in [2.75, 3.05) is 13.1 Å². The number of nitrogens with two attached hydrogens (primary N) is 1. The van der Waals surface area contributed by atoms with Crippen LogP contribution in [0.5, 0.6) is 0 Å². The van der Waals surface area contributed by atoms with Crippen molar-refractivity contribution < 1.29 is 0 Å². The van der Waals surface area contributed by atoms with Gasteiger partial charge in [0.05, 0.1) is 0 Å². The summed E-state index contributed by atoms with van der Waals surface area (Å²) in [5.74, 6) is 0.789. The number of rotatable bonds is 5. The van der Waals surface area contributed by atoms with E-state index in [9.17, 15) is 0 Å². The molecule has 2 heteroatoms. The number of hydrogen-bond donors (Lipinski definition) is 2. The molecule has 2 nitrogen and oxygen atoms in total. The van der Waals surface area contributed by atoms with Crippen molar-refractivity contribution in [1.82, 2.24) is 5.32 Å². The summed E-state index contributed by atoms with van der Waals surface area (Å²) in [6.45, 7) is 8.40. The normalized spacial score (nSPS) is 14.1. The fourth-order valence-corrected chi connectivity index (χ4v) is 0.702. The molecule has 0 amide bonds. The summed E-state index contributed by atoms with van der Waals surface area (Å²) in [5.41, 5.74) is 5.43. The van der Waals surface area contributed by atoms with Crippen molar-refractivity contribution in [3.05, 3.63) is 0 Å². The van der Waals surface area contributed by atoms with E-state index >= 15 is 0 Å². The Morgan fingerprint density at radius 3 is 2.30 bits per heavy atom. The quantitative estimate of drug-likeness (QED) is 0.603. The lowest BCUT2D eigenvalue weighted by molar-refractivity contribution is 0.491. The molecule has 0 aliphatic carbocycles. The molecule has 0 saturated heterocycles. The zero-order chi connectivity index (χ0) is 7.98. The van der Waals surface area contributed by atoms with Crippen molar-refractivity contribution in [3.8, 4) is 0 Å². The molecule has 0 rings (SSSR count). The van der Waals surface area contributed by atoms with Gasteiger partial charge in [-0.05, 0) is 25.8 Å². The van der Waals surface area contributed by atoms with Gasteiger partial charge in [0.25, 0.3) is 0 Å². The van der Waals surface area contributed by atoms with Crippen molar-refractivity contribution in [1.29, 1.82) is 0 Å². The second-order valence-corrected chi connectivity index (χ2v) is 3.27. The lowest BCUT2D eigenvalue weighted by Crippen LogP contribution is -2.34. The molecule has 0 spiro atoms. The van der Waals surface area contributed by atoms with Gasteiger partial charge in [-0.3, -0.25) is 0 Å². The van der Waals surface area contributed by atoms with Crippen molar-refractivity contribution in [3.63, 3.8) is 0 Å². The van der Waals surface area contributed by atoms with Gasteiger partial charge in [-0.25, -0.2) is 0 Å². The molecule has 1 atom stereocenters. The third-order valence-corrected chi connectivity index (χ3v) is 1.57. The Labute approximate surface area is 64.2 Å². The van der Waals surface area contributed by atoms with E-state index in [-0.39, 0.29) is 0 Å². The molecule has 3 N–H and O–H groups in total. The van der Waals surface area contributed by atoms with Crippen LogP contribution in [0.15, 0.2) is 0 Å². The molecule has 0 aromatic carbocycles. The smallest absolute Gasteiger partial charge is 0.0161 e. The van der Waals surface area contributed by atoms with Crippen LogP contribution in [0.1, 0.15) is 27.2 Å². The van der Waals surface area contributed by atoms with Crippen LogP contribution in [0.2, 0.25) is 0 Å². The van der Waals surface area contributed by atoms with E-state index < -0.39 is 0 Å². The van der Waals surface area contributed by atoms with Crippen LogP contribution < -0.4 is 11.1 Å². The predicted molar refractivity (Wildman–Crippen MR) is 46.0 cm³/mol. The van der Waals surface area contributed by atoms with E-state index in [1.54, 1.807) is 0 Å². The highest BCUT2D eigenvalue weighted by Gasteiger charge is 1.97. The van der Waals surface area contributed by atoms with Gasteiger partial charge in [-0.2, -0.15) is 0 Å². The predicted octanol–water partition coefficient (Wildman–Crippen LogP) is 0.969. The average molecular weight is 144 g/mol. The summed E-state index contributed by atoms with van der Waals surface area (Å²) in [5, 5.41) is 3.34. The topological polar surface area (TPSA) is 38.0 Å². The molecule has 62 valence electrons. The summed E-state index contributed by atoms with van der Waals surface area (Å²) in [6.07, 6.45) is 1.24. The zero-order valence-electron chi connectivity index (χ0n) is 7.35. The summed E-state index contributed by atoms with van der Waals surface area (Å²) < 4.78 is 0. The Morgan fingerprint density at radius 1 is 1.30 bits per heavy atom. The third kappa shape index (κ3) is 6.05. The Bertz CT molecular complexity index is 71.7. The van der Waals surface area contributed by atoms with E-state index in [2.05, 4.69) is 26.1 Å². The van der Waals surface area contributed by atoms with Gasteiger partial charge in [-0.15, -0.1) is 0 Å². The van der Waals surface area contributed by atoms with E-state index in [1.807, 2.05) is 0 Å². The van der Waals surface area contributed by atoms with Crippen LogP contribution in [0, 0.1) is 5.92 Å². The Kier molecular flexibility index (Phi) is 5.64. The Morgan fingerprint density at radius 2 is 1.90 bits per heavy atom. The maximum absolute atomic E-state index is 5.43. The number of nitrogens with one attached hydrogen (secondary N) is 1. The Balaban J connectivity index is 3.03.